The molecule has 56 heavy (non-hydrogen) atoms. The largest absolute Gasteiger partial charge is 0.364 e. The highest BCUT2D eigenvalue weighted by Crippen LogP contribution is 2.35. The van der Waals surface area contributed by atoms with Crippen LogP contribution in [0, 0.1) is 5.92 Å². The number of carbonyl (C=O) groups excluding carboxylic acids is 5. The van der Waals surface area contributed by atoms with E-state index in [-0.39, 0.29) is 36.1 Å². The second kappa shape index (κ2) is 16.4. The van der Waals surface area contributed by atoms with Crippen LogP contribution in [0.3, 0.4) is 0 Å². The van der Waals surface area contributed by atoms with Crippen molar-refractivity contribution in [1.29, 1.82) is 0 Å². The first-order chi connectivity index (χ1) is 26.8. The van der Waals surface area contributed by atoms with Crippen LogP contribution in [-0.2, 0) is 33.1 Å². The lowest BCUT2D eigenvalue weighted by Crippen LogP contribution is -2.54. The van der Waals surface area contributed by atoms with Gasteiger partial charge in [-0.1, -0.05) is 44.2 Å². The molecule has 19 heteroatoms. The average Bonchev–Trinajstić information content (AvgIpc) is 3.69. The van der Waals surface area contributed by atoms with Crippen LogP contribution in [0.2, 0.25) is 0 Å². The van der Waals surface area contributed by atoms with E-state index >= 15 is 0 Å². The topological polar surface area (TPSA) is 232 Å². The number of primary amides is 1. The van der Waals surface area contributed by atoms with E-state index in [1.807, 2.05) is 6.07 Å². The Balaban J connectivity index is 0.932. The fraction of sp³-hybridized carbons (Fsp3) is 0.514. The summed E-state index contributed by atoms with van der Waals surface area (Å²) in [6.45, 7) is 0.750. The van der Waals surface area contributed by atoms with Crippen LogP contribution in [0.4, 0.5) is 17.5 Å². The number of aryl methyl sites for hydroxylation is 1. The van der Waals surface area contributed by atoms with Crippen LogP contribution in [0.15, 0.2) is 35.1 Å². The van der Waals surface area contributed by atoms with Gasteiger partial charge in [0.05, 0.1) is 32.7 Å². The number of nitrogens with two attached hydrogens (primary N) is 1. The Bertz CT molecular complexity index is 2170. The molecule has 2 saturated heterocycles. The van der Waals surface area contributed by atoms with E-state index in [1.54, 1.807) is 29.7 Å². The minimum Gasteiger partial charge on any atom is -0.364 e. The molecule has 3 fully saturated rings. The predicted molar refractivity (Wildman–Crippen MR) is 208 cm³/mol. The van der Waals surface area contributed by atoms with E-state index in [1.165, 1.54) is 10.9 Å². The third-order valence-electron chi connectivity index (χ3n) is 11.3. The maximum Gasteiger partial charge on any atom is 0.269 e. The van der Waals surface area contributed by atoms with Crippen molar-refractivity contribution in [1.82, 2.24) is 34.3 Å². The molecule has 7 rings (SSSR count). The van der Waals surface area contributed by atoms with Crippen molar-refractivity contribution < 1.29 is 32.4 Å². The zero-order chi connectivity index (χ0) is 39.7. The van der Waals surface area contributed by atoms with Crippen molar-refractivity contribution in [3.05, 3.63) is 57.4 Å². The Labute approximate surface area is 332 Å². The van der Waals surface area contributed by atoms with Gasteiger partial charge in [-0.05, 0) is 72.0 Å². The summed E-state index contributed by atoms with van der Waals surface area (Å²) in [5.74, 6) is -1.75. The van der Waals surface area contributed by atoms with E-state index in [4.69, 9.17) is 5.73 Å². The fourth-order valence-electron chi connectivity index (χ4n) is 8.42. The minimum atomic E-state index is -3.54. The number of anilines is 3. The summed E-state index contributed by atoms with van der Waals surface area (Å²) >= 11 is 3.44. The van der Waals surface area contributed by atoms with Crippen molar-refractivity contribution in [3.8, 4) is 0 Å². The summed E-state index contributed by atoms with van der Waals surface area (Å²) in [5, 5.41) is 12.3. The summed E-state index contributed by atoms with van der Waals surface area (Å²) in [5.41, 5.74) is 7.48. The number of hydrogen-bond acceptors (Lipinski definition) is 12. The summed E-state index contributed by atoms with van der Waals surface area (Å²) < 4.78 is 31.6. The highest BCUT2D eigenvalue weighted by atomic mass is 79.9. The van der Waals surface area contributed by atoms with Gasteiger partial charge in [-0.2, -0.15) is 10.1 Å². The van der Waals surface area contributed by atoms with Gasteiger partial charge < -0.3 is 16.4 Å². The summed E-state index contributed by atoms with van der Waals surface area (Å²) in [6.07, 6.45) is 10.1. The number of halogens is 1. The number of nitrogens with zero attached hydrogens (tertiary/aromatic N) is 6. The smallest absolute Gasteiger partial charge is 0.269 e. The molecule has 2 aromatic heterocycles. The Kier molecular flexibility index (Phi) is 11.6. The Morgan fingerprint density at radius 1 is 0.982 bits per heavy atom. The number of aromatic nitrogens is 4. The molecule has 1 saturated carbocycles. The number of fused-ring (bicyclic) bond motifs is 1. The molecular weight excluding hydrogens is 808 g/mol. The molecule has 0 bridgehead atoms. The van der Waals surface area contributed by atoms with Crippen LogP contribution >= 0.6 is 15.9 Å². The van der Waals surface area contributed by atoms with E-state index < -0.39 is 50.9 Å². The first-order valence-corrected chi connectivity index (χ1v) is 21.3. The zero-order valence-corrected chi connectivity index (χ0v) is 33.4. The van der Waals surface area contributed by atoms with E-state index in [9.17, 15) is 32.4 Å². The predicted octanol–water partition coefficient (Wildman–Crippen LogP) is 3.39. The standard InChI is InChI=1S/C37H45BrN10O7S/c1-46-31(32(39)50)27(20-41-46)43-33-26(38)19-40-37(45-33)42-23-14-16-47(17-15-23)56(54,55)24-9-3-2-6-21(7-4-10-24)18-22-8-5-11-25-30(22)36(53)48(35(25)52)28-12-13-29(49)44-34(28)51/h5,8,11,19-21,23-24,28H,2-4,6-7,9-10,12-18H2,1H3,(H2,39,50)(H,44,49,51)(H2,40,42,43,45). The monoisotopic (exact) mass is 852 g/mol. The molecule has 5 amide bonds. The molecule has 5 heterocycles. The normalized spacial score (nSPS) is 22.9. The van der Waals surface area contributed by atoms with Crippen LogP contribution in [0.25, 0.3) is 0 Å². The first-order valence-electron chi connectivity index (χ1n) is 19.0. The van der Waals surface area contributed by atoms with Gasteiger partial charge in [-0.3, -0.25) is 38.9 Å². The lowest BCUT2D eigenvalue weighted by molar-refractivity contribution is -0.136. The van der Waals surface area contributed by atoms with Gasteiger partial charge in [-0.15, -0.1) is 0 Å². The van der Waals surface area contributed by atoms with Gasteiger partial charge in [0.1, 0.15) is 17.6 Å². The lowest BCUT2D eigenvalue weighted by atomic mass is 9.87. The van der Waals surface area contributed by atoms with Gasteiger partial charge in [-0.25, -0.2) is 17.7 Å². The summed E-state index contributed by atoms with van der Waals surface area (Å²) in [4.78, 5) is 73.1. The average molecular weight is 854 g/mol. The van der Waals surface area contributed by atoms with Crippen LogP contribution in [0.5, 0.6) is 0 Å². The molecule has 1 aromatic carbocycles. The van der Waals surface area contributed by atoms with Gasteiger partial charge in [0, 0.05) is 38.8 Å². The molecule has 3 aromatic rings. The number of piperidine rings is 2. The number of nitrogens with one attached hydrogen (secondary N) is 3. The minimum absolute atomic E-state index is 0.0472. The SMILES string of the molecule is Cn1ncc(Nc2nc(NC3CCN(S(=O)(=O)C4CCCCC(Cc5cccc6c5C(=O)N(C5CCC(=O)NC5=O)C6=O)CCC4)CC3)ncc2Br)c1C(N)=O. The molecule has 0 radical (unpaired) electrons. The molecule has 1 aliphatic carbocycles. The number of hydrogen-bond donors (Lipinski definition) is 4. The third-order valence-corrected chi connectivity index (χ3v) is 14.3. The van der Waals surface area contributed by atoms with Gasteiger partial charge in [0.25, 0.3) is 17.7 Å². The molecule has 298 valence electrons. The van der Waals surface area contributed by atoms with Crippen LogP contribution in [0.1, 0.15) is 107 Å². The molecule has 0 spiro atoms. The third kappa shape index (κ3) is 8.06. The molecule has 3 unspecified atom stereocenters. The molecule has 4 aliphatic rings. The summed E-state index contributed by atoms with van der Waals surface area (Å²) in [7, 11) is -1.93. The first kappa shape index (κ1) is 39.5. The van der Waals surface area contributed by atoms with Crippen molar-refractivity contribution >= 4 is 72.9 Å². The van der Waals surface area contributed by atoms with Crippen LogP contribution in [-0.4, -0.2) is 97.3 Å². The van der Waals surface area contributed by atoms with Gasteiger partial charge >= 0.3 is 0 Å². The van der Waals surface area contributed by atoms with Crippen molar-refractivity contribution in [2.45, 2.75) is 94.4 Å². The summed E-state index contributed by atoms with van der Waals surface area (Å²) in [6, 6.07) is 4.16. The maximum atomic E-state index is 14.0. The number of rotatable bonds is 10. The van der Waals surface area contributed by atoms with E-state index in [2.05, 4.69) is 46.9 Å². The van der Waals surface area contributed by atoms with Gasteiger partial charge in [0.2, 0.25) is 27.8 Å². The van der Waals surface area contributed by atoms with E-state index in [0.29, 0.717) is 79.1 Å². The molecule has 3 atom stereocenters. The maximum absolute atomic E-state index is 14.0. The van der Waals surface area contributed by atoms with Crippen molar-refractivity contribution in [2.75, 3.05) is 23.7 Å². The van der Waals surface area contributed by atoms with Crippen LogP contribution < -0.4 is 21.7 Å². The number of amides is 5. The number of sulfonamides is 1. The van der Waals surface area contributed by atoms with Gasteiger partial charge in [0.15, 0.2) is 0 Å². The lowest BCUT2D eigenvalue weighted by Gasteiger charge is -2.34. The molecular formula is C37H45BrN10O7S. The van der Waals surface area contributed by atoms with Crippen molar-refractivity contribution in [2.24, 2.45) is 18.7 Å². The quantitative estimate of drug-likeness (QED) is 0.215. The molecule has 5 N–H and O–H groups in total. The number of benzene rings is 1. The second-order valence-electron chi connectivity index (χ2n) is 15.0. The Hall–Kier alpha value is -4.75. The molecule has 17 nitrogen and oxygen atoms in total. The highest BCUT2D eigenvalue weighted by Gasteiger charge is 2.45. The van der Waals surface area contributed by atoms with Crippen molar-refractivity contribution in [3.63, 3.8) is 0 Å². The number of carbonyl (C=O) groups is 5. The Morgan fingerprint density at radius 2 is 1.71 bits per heavy atom. The Morgan fingerprint density at radius 3 is 2.46 bits per heavy atom. The zero-order valence-electron chi connectivity index (χ0n) is 31.0. The highest BCUT2D eigenvalue weighted by molar-refractivity contribution is 9.10. The number of imide groups is 2. The molecule has 3 aliphatic heterocycles. The van der Waals surface area contributed by atoms with E-state index in [0.717, 1.165) is 36.1 Å². The fourth-order valence-corrected chi connectivity index (χ4v) is 10.8. The second-order valence-corrected chi connectivity index (χ2v) is 18.0.